The van der Waals surface area contributed by atoms with E-state index in [9.17, 15) is 4.79 Å². The average molecular weight is 347 g/mol. The number of benzene rings is 1. The second kappa shape index (κ2) is 6.95. The molecule has 1 saturated heterocycles. The predicted octanol–water partition coefficient (Wildman–Crippen LogP) is 2.20. The second-order valence-corrected chi connectivity index (χ2v) is 6.52. The van der Waals surface area contributed by atoms with Gasteiger partial charge in [0.15, 0.2) is 5.69 Å². The van der Waals surface area contributed by atoms with Crippen LogP contribution >= 0.6 is 12.4 Å². The maximum Gasteiger partial charge on any atom is 0.274 e. The SMILES string of the molecule is Cl.NCC1CCN(C(=O)c2nn(-c3ccccc3)c3c2CCC3)C1. The van der Waals surface area contributed by atoms with E-state index < -0.39 is 0 Å². The minimum Gasteiger partial charge on any atom is -0.337 e. The van der Waals surface area contributed by atoms with Crippen LogP contribution in [0.15, 0.2) is 30.3 Å². The van der Waals surface area contributed by atoms with Gasteiger partial charge in [-0.1, -0.05) is 18.2 Å². The molecule has 1 aromatic carbocycles. The van der Waals surface area contributed by atoms with Gasteiger partial charge in [0.2, 0.25) is 0 Å². The highest BCUT2D eigenvalue weighted by molar-refractivity contribution is 5.94. The largest absolute Gasteiger partial charge is 0.337 e. The van der Waals surface area contributed by atoms with Crippen LogP contribution in [0.2, 0.25) is 0 Å². The molecule has 128 valence electrons. The summed E-state index contributed by atoms with van der Waals surface area (Å²) in [6.07, 6.45) is 4.06. The first-order valence-corrected chi connectivity index (χ1v) is 8.43. The number of halogens is 1. The van der Waals surface area contributed by atoms with Gasteiger partial charge in [0.1, 0.15) is 0 Å². The summed E-state index contributed by atoms with van der Waals surface area (Å²) < 4.78 is 1.96. The number of amides is 1. The van der Waals surface area contributed by atoms with Crippen molar-refractivity contribution >= 4 is 18.3 Å². The fraction of sp³-hybridized carbons (Fsp3) is 0.444. The molecular formula is C18H23ClN4O. The van der Waals surface area contributed by atoms with Crippen LogP contribution in [0.4, 0.5) is 0 Å². The summed E-state index contributed by atoms with van der Waals surface area (Å²) >= 11 is 0. The van der Waals surface area contributed by atoms with Crippen molar-refractivity contribution in [3.8, 4) is 5.69 Å². The van der Waals surface area contributed by atoms with Crippen molar-refractivity contribution in [2.75, 3.05) is 19.6 Å². The van der Waals surface area contributed by atoms with Gasteiger partial charge in [-0.15, -0.1) is 12.4 Å². The number of nitrogens with zero attached hydrogens (tertiary/aromatic N) is 3. The number of nitrogens with two attached hydrogens (primary N) is 1. The van der Waals surface area contributed by atoms with Gasteiger partial charge in [0, 0.05) is 24.3 Å². The van der Waals surface area contributed by atoms with Crippen molar-refractivity contribution in [3.05, 3.63) is 47.3 Å². The standard InChI is InChI=1S/C18H22N4O.ClH/c19-11-13-9-10-21(12-13)18(23)17-15-7-4-8-16(15)22(20-17)14-5-2-1-3-6-14;/h1-3,5-6,13H,4,7-12,19H2;1H. The first kappa shape index (κ1) is 17.0. The van der Waals surface area contributed by atoms with Crippen LogP contribution in [0.25, 0.3) is 5.69 Å². The zero-order valence-corrected chi connectivity index (χ0v) is 14.5. The van der Waals surface area contributed by atoms with E-state index in [0.717, 1.165) is 50.0 Å². The van der Waals surface area contributed by atoms with Crippen molar-refractivity contribution < 1.29 is 4.79 Å². The number of carbonyl (C=O) groups is 1. The topological polar surface area (TPSA) is 64.2 Å². The van der Waals surface area contributed by atoms with Crippen LogP contribution in [0.3, 0.4) is 0 Å². The minimum absolute atomic E-state index is 0. The van der Waals surface area contributed by atoms with Gasteiger partial charge in [-0.05, 0) is 50.3 Å². The normalized spacial score (nSPS) is 19.2. The van der Waals surface area contributed by atoms with Crippen molar-refractivity contribution in [2.24, 2.45) is 11.7 Å². The van der Waals surface area contributed by atoms with Gasteiger partial charge in [-0.25, -0.2) is 4.68 Å². The fourth-order valence-electron chi connectivity index (χ4n) is 3.75. The first-order valence-electron chi connectivity index (χ1n) is 8.43. The molecule has 2 aromatic rings. The van der Waals surface area contributed by atoms with E-state index in [1.54, 1.807) is 0 Å². The van der Waals surface area contributed by atoms with Crippen molar-refractivity contribution in [3.63, 3.8) is 0 Å². The Morgan fingerprint density at radius 3 is 2.75 bits per heavy atom. The fourth-order valence-corrected chi connectivity index (χ4v) is 3.75. The highest BCUT2D eigenvalue weighted by atomic mass is 35.5. The maximum absolute atomic E-state index is 12.9. The zero-order chi connectivity index (χ0) is 15.8. The molecule has 6 heteroatoms. The number of para-hydroxylation sites is 1. The summed E-state index contributed by atoms with van der Waals surface area (Å²) in [6.45, 7) is 2.22. The predicted molar refractivity (Wildman–Crippen MR) is 95.9 cm³/mol. The quantitative estimate of drug-likeness (QED) is 0.926. The monoisotopic (exact) mass is 346 g/mol. The minimum atomic E-state index is 0. The third-order valence-electron chi connectivity index (χ3n) is 5.04. The molecule has 1 aliphatic heterocycles. The molecule has 2 heterocycles. The highest BCUT2D eigenvalue weighted by Gasteiger charge is 2.32. The van der Waals surface area contributed by atoms with E-state index in [-0.39, 0.29) is 18.3 Å². The Morgan fingerprint density at radius 1 is 1.25 bits per heavy atom. The molecule has 2 N–H and O–H groups in total. The molecule has 0 spiro atoms. The Morgan fingerprint density at radius 2 is 2.04 bits per heavy atom. The summed E-state index contributed by atoms with van der Waals surface area (Å²) in [4.78, 5) is 14.8. The molecule has 1 aromatic heterocycles. The highest BCUT2D eigenvalue weighted by Crippen LogP contribution is 2.29. The summed E-state index contributed by atoms with van der Waals surface area (Å²) in [6, 6.07) is 10.1. The summed E-state index contributed by atoms with van der Waals surface area (Å²) in [5.74, 6) is 0.511. The van der Waals surface area contributed by atoms with Gasteiger partial charge in [-0.3, -0.25) is 4.79 Å². The van der Waals surface area contributed by atoms with E-state index in [1.807, 2.05) is 39.9 Å². The van der Waals surface area contributed by atoms with Crippen molar-refractivity contribution in [2.45, 2.75) is 25.7 Å². The number of hydrogen-bond donors (Lipinski definition) is 1. The molecule has 1 aliphatic carbocycles. The molecule has 1 fully saturated rings. The molecule has 5 nitrogen and oxygen atoms in total. The Labute approximate surface area is 148 Å². The summed E-state index contributed by atoms with van der Waals surface area (Å²) in [5, 5.41) is 4.69. The van der Waals surface area contributed by atoms with Crippen molar-refractivity contribution in [1.82, 2.24) is 14.7 Å². The number of fused-ring (bicyclic) bond motifs is 1. The molecule has 24 heavy (non-hydrogen) atoms. The molecule has 0 saturated carbocycles. The lowest BCUT2D eigenvalue weighted by Gasteiger charge is -2.15. The number of aromatic nitrogens is 2. The Balaban J connectivity index is 0.00000169. The maximum atomic E-state index is 12.9. The van der Waals surface area contributed by atoms with Gasteiger partial charge in [0.25, 0.3) is 5.91 Å². The molecule has 1 unspecified atom stereocenters. The third-order valence-corrected chi connectivity index (χ3v) is 5.04. The molecule has 1 atom stereocenters. The van der Waals surface area contributed by atoms with E-state index >= 15 is 0 Å². The van der Waals surface area contributed by atoms with Crippen LogP contribution in [-0.2, 0) is 12.8 Å². The molecular weight excluding hydrogens is 324 g/mol. The van der Waals surface area contributed by atoms with E-state index in [2.05, 4.69) is 0 Å². The molecule has 0 bridgehead atoms. The zero-order valence-electron chi connectivity index (χ0n) is 13.6. The lowest BCUT2D eigenvalue weighted by Crippen LogP contribution is -2.30. The number of likely N-dealkylation sites (tertiary alicyclic amines) is 1. The van der Waals surface area contributed by atoms with Gasteiger partial charge in [0.05, 0.1) is 5.69 Å². The Hall–Kier alpha value is -1.85. The van der Waals surface area contributed by atoms with E-state index in [1.165, 1.54) is 5.69 Å². The van der Waals surface area contributed by atoms with Gasteiger partial charge < -0.3 is 10.6 Å². The first-order chi connectivity index (χ1) is 11.3. The average Bonchev–Trinajstić information content (AvgIpc) is 3.30. The van der Waals surface area contributed by atoms with E-state index in [0.29, 0.717) is 18.2 Å². The number of rotatable bonds is 3. The van der Waals surface area contributed by atoms with Crippen LogP contribution in [0, 0.1) is 5.92 Å². The number of hydrogen-bond acceptors (Lipinski definition) is 3. The Kier molecular flexibility index (Phi) is 4.92. The van der Waals surface area contributed by atoms with E-state index in [4.69, 9.17) is 10.8 Å². The Bertz CT molecular complexity index is 728. The van der Waals surface area contributed by atoms with Gasteiger partial charge in [-0.2, -0.15) is 5.10 Å². The van der Waals surface area contributed by atoms with Crippen molar-refractivity contribution in [1.29, 1.82) is 0 Å². The molecule has 1 amide bonds. The lowest BCUT2D eigenvalue weighted by atomic mass is 10.1. The molecule has 2 aliphatic rings. The van der Waals surface area contributed by atoms with Gasteiger partial charge >= 0.3 is 0 Å². The molecule has 4 rings (SSSR count). The summed E-state index contributed by atoms with van der Waals surface area (Å²) in [7, 11) is 0. The van der Waals surface area contributed by atoms with Crippen LogP contribution in [0.1, 0.15) is 34.6 Å². The summed E-state index contributed by atoms with van der Waals surface area (Å²) in [5.41, 5.74) is 9.78. The van der Waals surface area contributed by atoms with Crippen LogP contribution in [0.5, 0.6) is 0 Å². The van der Waals surface area contributed by atoms with Crippen LogP contribution in [-0.4, -0.2) is 40.2 Å². The number of carbonyl (C=O) groups excluding carboxylic acids is 1. The third kappa shape index (κ3) is 2.82. The van der Waals surface area contributed by atoms with Crippen LogP contribution < -0.4 is 5.73 Å². The molecule has 0 radical (unpaired) electrons. The smallest absolute Gasteiger partial charge is 0.274 e. The second-order valence-electron chi connectivity index (χ2n) is 6.52. The lowest BCUT2D eigenvalue weighted by molar-refractivity contribution is 0.0780.